The van der Waals surface area contributed by atoms with Crippen molar-refractivity contribution in [3.63, 3.8) is 0 Å². The summed E-state index contributed by atoms with van der Waals surface area (Å²) in [7, 11) is 1.65. The zero-order valence-corrected chi connectivity index (χ0v) is 12.1. The molecule has 1 aromatic rings. The molecule has 0 bridgehead atoms. The number of rotatable bonds is 8. The Morgan fingerprint density at radius 2 is 1.95 bits per heavy atom. The van der Waals surface area contributed by atoms with Gasteiger partial charge in [0.05, 0.1) is 26.4 Å². The minimum absolute atomic E-state index is 0.0444. The molecular weight excluding hydrogens is 240 g/mol. The first-order chi connectivity index (χ1) is 9.03. The lowest BCUT2D eigenvalue weighted by atomic mass is 9.85. The fourth-order valence-corrected chi connectivity index (χ4v) is 1.78. The van der Waals surface area contributed by atoms with Crippen molar-refractivity contribution in [2.45, 2.75) is 33.0 Å². The molecule has 1 aromatic carbocycles. The second-order valence-corrected chi connectivity index (χ2v) is 5.32. The highest BCUT2D eigenvalue weighted by molar-refractivity contribution is 5.26. The van der Waals surface area contributed by atoms with Crippen molar-refractivity contribution < 1.29 is 14.6 Å². The van der Waals surface area contributed by atoms with Crippen molar-refractivity contribution >= 4 is 0 Å². The van der Waals surface area contributed by atoms with Crippen LogP contribution in [0.5, 0.6) is 5.75 Å². The van der Waals surface area contributed by atoms with Gasteiger partial charge in [0, 0.05) is 5.41 Å². The van der Waals surface area contributed by atoms with Crippen LogP contribution in [-0.2, 0) is 11.3 Å². The summed E-state index contributed by atoms with van der Waals surface area (Å²) in [6.07, 6.45) is 2.51. The van der Waals surface area contributed by atoms with Gasteiger partial charge in [0.15, 0.2) is 0 Å². The summed E-state index contributed by atoms with van der Waals surface area (Å²) in [5.41, 5.74) is 0.810. The average molecular weight is 264 g/mol. The molecule has 0 saturated heterocycles. The number of aliphatic hydroxyl groups is 1. The molecule has 3 heteroatoms. The third kappa shape index (κ3) is 4.69. The van der Waals surface area contributed by atoms with Crippen LogP contribution in [0.25, 0.3) is 0 Å². The van der Waals surface area contributed by atoms with Crippen LogP contribution in [0.4, 0.5) is 0 Å². The van der Waals surface area contributed by atoms with Crippen LogP contribution in [0.1, 0.15) is 25.8 Å². The summed E-state index contributed by atoms with van der Waals surface area (Å²) in [5, 5.41) is 9.43. The zero-order chi connectivity index (χ0) is 14.3. The molecule has 0 aromatic heterocycles. The molecule has 1 atom stereocenters. The molecule has 0 aliphatic rings. The first-order valence-corrected chi connectivity index (χ1v) is 6.49. The lowest BCUT2D eigenvalue weighted by molar-refractivity contribution is -0.0551. The largest absolute Gasteiger partial charge is 0.497 e. The van der Waals surface area contributed by atoms with Crippen LogP contribution in [-0.4, -0.2) is 24.9 Å². The normalized spacial score (nSPS) is 13.1. The highest BCUT2D eigenvalue weighted by atomic mass is 16.5. The molecule has 106 valence electrons. The molecule has 0 aliphatic heterocycles. The van der Waals surface area contributed by atoms with E-state index in [1.807, 2.05) is 44.2 Å². The summed E-state index contributed by atoms with van der Waals surface area (Å²) in [4.78, 5) is 0. The van der Waals surface area contributed by atoms with E-state index in [1.165, 1.54) is 0 Å². The highest BCUT2D eigenvalue weighted by Gasteiger charge is 2.28. The Hall–Kier alpha value is -1.32. The van der Waals surface area contributed by atoms with Crippen molar-refractivity contribution in [3.8, 4) is 5.75 Å². The number of aliphatic hydroxyl groups excluding tert-OH is 1. The number of hydrogen-bond acceptors (Lipinski definition) is 3. The van der Waals surface area contributed by atoms with Crippen molar-refractivity contribution in [1.29, 1.82) is 0 Å². The van der Waals surface area contributed by atoms with E-state index in [4.69, 9.17) is 9.47 Å². The fraction of sp³-hybridized carbons (Fsp3) is 0.500. The van der Waals surface area contributed by atoms with Gasteiger partial charge in [0.2, 0.25) is 0 Å². The van der Waals surface area contributed by atoms with Gasteiger partial charge in [-0.15, -0.1) is 6.58 Å². The van der Waals surface area contributed by atoms with Crippen LogP contribution in [0, 0.1) is 5.41 Å². The minimum atomic E-state index is -0.277. The van der Waals surface area contributed by atoms with Gasteiger partial charge < -0.3 is 14.6 Å². The summed E-state index contributed by atoms with van der Waals surface area (Å²) < 4.78 is 11.0. The molecule has 0 spiro atoms. The number of ether oxygens (including phenoxy) is 2. The van der Waals surface area contributed by atoms with Gasteiger partial charge in [-0.25, -0.2) is 0 Å². The van der Waals surface area contributed by atoms with Gasteiger partial charge in [-0.2, -0.15) is 0 Å². The van der Waals surface area contributed by atoms with E-state index in [0.717, 1.165) is 17.7 Å². The first-order valence-electron chi connectivity index (χ1n) is 6.49. The predicted octanol–water partition coefficient (Wildman–Crippen LogP) is 3.18. The van der Waals surface area contributed by atoms with Crippen molar-refractivity contribution in [1.82, 2.24) is 0 Å². The maximum atomic E-state index is 9.43. The number of benzene rings is 1. The van der Waals surface area contributed by atoms with Crippen molar-refractivity contribution in [2.24, 2.45) is 5.41 Å². The van der Waals surface area contributed by atoms with Crippen LogP contribution in [0.3, 0.4) is 0 Å². The maximum absolute atomic E-state index is 9.43. The van der Waals surface area contributed by atoms with E-state index in [-0.39, 0.29) is 18.1 Å². The van der Waals surface area contributed by atoms with Gasteiger partial charge in [0.25, 0.3) is 0 Å². The topological polar surface area (TPSA) is 38.7 Å². The Bertz CT molecular complexity index is 381. The van der Waals surface area contributed by atoms with Crippen LogP contribution in [0.15, 0.2) is 36.9 Å². The molecule has 3 nitrogen and oxygen atoms in total. The Morgan fingerprint density at radius 3 is 2.42 bits per heavy atom. The maximum Gasteiger partial charge on any atom is 0.118 e. The summed E-state index contributed by atoms with van der Waals surface area (Å²) >= 11 is 0. The van der Waals surface area contributed by atoms with Gasteiger partial charge >= 0.3 is 0 Å². The number of methoxy groups -OCH3 is 1. The van der Waals surface area contributed by atoms with Crippen molar-refractivity contribution in [3.05, 3.63) is 42.5 Å². The van der Waals surface area contributed by atoms with E-state index < -0.39 is 0 Å². The molecule has 0 unspecified atom stereocenters. The molecule has 0 fully saturated rings. The lowest BCUT2D eigenvalue weighted by Gasteiger charge is -2.32. The molecule has 0 amide bonds. The second kappa shape index (κ2) is 7.31. The minimum Gasteiger partial charge on any atom is -0.497 e. The molecule has 19 heavy (non-hydrogen) atoms. The predicted molar refractivity (Wildman–Crippen MR) is 77.3 cm³/mol. The van der Waals surface area contributed by atoms with Crippen LogP contribution < -0.4 is 4.74 Å². The van der Waals surface area contributed by atoms with Crippen molar-refractivity contribution in [2.75, 3.05) is 13.7 Å². The van der Waals surface area contributed by atoms with E-state index in [9.17, 15) is 5.11 Å². The third-order valence-corrected chi connectivity index (χ3v) is 3.27. The van der Waals surface area contributed by atoms with Gasteiger partial charge in [-0.3, -0.25) is 0 Å². The van der Waals surface area contributed by atoms with E-state index in [2.05, 4.69) is 6.58 Å². The van der Waals surface area contributed by atoms with Crippen LogP contribution in [0.2, 0.25) is 0 Å². The lowest BCUT2D eigenvalue weighted by Crippen LogP contribution is -2.34. The SMILES string of the molecule is C=CC[C@@H](OCc1ccc(OC)cc1)C(C)(C)CO. The fourth-order valence-electron chi connectivity index (χ4n) is 1.78. The monoisotopic (exact) mass is 264 g/mol. The summed E-state index contributed by atoms with van der Waals surface area (Å²) in [6, 6.07) is 7.79. The van der Waals surface area contributed by atoms with Crippen LogP contribution >= 0.6 is 0 Å². The molecule has 0 aliphatic carbocycles. The van der Waals surface area contributed by atoms with Gasteiger partial charge in [-0.05, 0) is 24.1 Å². The Kier molecular flexibility index (Phi) is 6.06. The smallest absolute Gasteiger partial charge is 0.118 e. The highest BCUT2D eigenvalue weighted by Crippen LogP contribution is 2.26. The molecule has 1 N–H and O–H groups in total. The zero-order valence-electron chi connectivity index (χ0n) is 12.1. The Labute approximate surface area is 115 Å². The van der Waals surface area contributed by atoms with Gasteiger partial charge in [0.1, 0.15) is 5.75 Å². The quantitative estimate of drug-likeness (QED) is 0.733. The molecule has 0 radical (unpaired) electrons. The summed E-state index contributed by atoms with van der Waals surface area (Å²) in [6.45, 7) is 8.35. The summed E-state index contributed by atoms with van der Waals surface area (Å²) in [5.74, 6) is 0.835. The standard InChI is InChI=1S/C16H24O3/c1-5-6-15(16(2,3)12-17)19-11-13-7-9-14(18-4)10-8-13/h5,7-10,15,17H,1,6,11-12H2,2-4H3/t15-/m1/s1. The number of hydrogen-bond donors (Lipinski definition) is 1. The van der Waals surface area contributed by atoms with E-state index in [1.54, 1.807) is 7.11 Å². The Balaban J connectivity index is 2.62. The molecule has 0 saturated carbocycles. The second-order valence-electron chi connectivity index (χ2n) is 5.32. The Morgan fingerprint density at radius 1 is 1.32 bits per heavy atom. The van der Waals surface area contributed by atoms with Gasteiger partial charge in [-0.1, -0.05) is 32.1 Å². The molecule has 1 rings (SSSR count). The average Bonchev–Trinajstić information content (AvgIpc) is 2.43. The van der Waals surface area contributed by atoms with E-state index >= 15 is 0 Å². The third-order valence-electron chi connectivity index (χ3n) is 3.27. The molecular formula is C16H24O3. The van der Waals surface area contributed by atoms with E-state index in [0.29, 0.717) is 6.61 Å². The first kappa shape index (κ1) is 15.7. The molecule has 0 heterocycles.